The number of guanidine groups is 1. The van der Waals surface area contributed by atoms with E-state index in [4.69, 9.17) is 16.3 Å². The molecule has 1 amide bonds. The predicted octanol–water partition coefficient (Wildman–Crippen LogP) is 2.46. The van der Waals surface area contributed by atoms with Crippen molar-refractivity contribution < 1.29 is 9.53 Å². The summed E-state index contributed by atoms with van der Waals surface area (Å²) in [6.45, 7) is 5.97. The van der Waals surface area contributed by atoms with E-state index in [1.54, 1.807) is 7.11 Å². The second-order valence-corrected chi connectivity index (χ2v) is 6.64. The van der Waals surface area contributed by atoms with E-state index in [-0.39, 0.29) is 5.91 Å². The zero-order chi connectivity index (χ0) is 18.8. The minimum atomic E-state index is 0.274. The molecule has 1 aromatic rings. The highest BCUT2D eigenvalue weighted by Gasteiger charge is 2.18. The molecule has 1 fully saturated rings. The van der Waals surface area contributed by atoms with Crippen LogP contribution in [0.15, 0.2) is 23.2 Å². The summed E-state index contributed by atoms with van der Waals surface area (Å²) in [5.74, 6) is 1.83. The molecule has 0 atom stereocenters. The van der Waals surface area contributed by atoms with Crippen molar-refractivity contribution in [1.82, 2.24) is 15.5 Å². The van der Waals surface area contributed by atoms with Crippen LogP contribution in [0.25, 0.3) is 0 Å². The molecular formula is C19H29ClN4O2. The fourth-order valence-corrected chi connectivity index (χ4v) is 3.17. The van der Waals surface area contributed by atoms with Crippen molar-refractivity contribution in [3.05, 3.63) is 28.8 Å². The van der Waals surface area contributed by atoms with Gasteiger partial charge in [-0.15, -0.1) is 0 Å². The standard InChI is InChI=1S/C19H29ClN4O2/c1-3-21-19(22-10-5-13-24-12-4-6-18(24)25)23-11-9-15-7-8-16(26-2)14-17(15)20/h7-8,14H,3-6,9-13H2,1-2H3,(H2,21,22,23). The number of ether oxygens (including phenoxy) is 1. The van der Waals surface area contributed by atoms with Crippen LogP contribution >= 0.6 is 11.6 Å². The first-order chi connectivity index (χ1) is 12.6. The maximum absolute atomic E-state index is 11.6. The second-order valence-electron chi connectivity index (χ2n) is 6.23. The number of carbonyl (C=O) groups is 1. The normalized spacial score (nSPS) is 14.7. The van der Waals surface area contributed by atoms with Crippen LogP contribution in [0, 0.1) is 0 Å². The molecule has 0 unspecified atom stereocenters. The van der Waals surface area contributed by atoms with Gasteiger partial charge in [-0.25, -0.2) is 0 Å². The number of nitrogens with zero attached hydrogens (tertiary/aromatic N) is 2. The molecule has 1 aliphatic rings. The zero-order valence-corrected chi connectivity index (χ0v) is 16.4. The molecule has 1 saturated heterocycles. The van der Waals surface area contributed by atoms with Crippen molar-refractivity contribution in [2.45, 2.75) is 32.6 Å². The Kier molecular flexibility index (Phi) is 8.54. The zero-order valence-electron chi connectivity index (χ0n) is 15.7. The maximum atomic E-state index is 11.6. The lowest BCUT2D eigenvalue weighted by atomic mass is 10.1. The predicted molar refractivity (Wildman–Crippen MR) is 106 cm³/mol. The lowest BCUT2D eigenvalue weighted by Crippen LogP contribution is -2.38. The first kappa shape index (κ1) is 20.4. The van der Waals surface area contributed by atoms with Crippen molar-refractivity contribution in [2.24, 2.45) is 4.99 Å². The third-order valence-electron chi connectivity index (χ3n) is 4.32. The van der Waals surface area contributed by atoms with Crippen LogP contribution in [0.5, 0.6) is 5.75 Å². The quantitative estimate of drug-likeness (QED) is 0.392. The second kappa shape index (κ2) is 10.9. The lowest BCUT2D eigenvalue weighted by Gasteiger charge is -2.15. The molecule has 0 aromatic heterocycles. The summed E-state index contributed by atoms with van der Waals surface area (Å²) >= 11 is 6.28. The monoisotopic (exact) mass is 380 g/mol. The van der Waals surface area contributed by atoms with Gasteiger partial charge in [0.15, 0.2) is 5.96 Å². The smallest absolute Gasteiger partial charge is 0.222 e. The Hall–Kier alpha value is -1.95. The Morgan fingerprint density at radius 2 is 2.23 bits per heavy atom. The SMILES string of the molecule is CCNC(=NCCCN1CCCC1=O)NCCc1ccc(OC)cc1Cl. The summed E-state index contributed by atoms with van der Waals surface area (Å²) < 4.78 is 5.17. The summed E-state index contributed by atoms with van der Waals surface area (Å²) in [5.41, 5.74) is 1.07. The summed E-state index contributed by atoms with van der Waals surface area (Å²) in [6.07, 6.45) is 3.36. The number of aliphatic imine (C=N–C) groups is 1. The number of halogens is 1. The third kappa shape index (κ3) is 6.41. The van der Waals surface area contributed by atoms with E-state index in [0.717, 1.165) is 62.7 Å². The largest absolute Gasteiger partial charge is 0.497 e. The highest BCUT2D eigenvalue weighted by molar-refractivity contribution is 6.31. The van der Waals surface area contributed by atoms with Gasteiger partial charge in [0, 0.05) is 44.2 Å². The maximum Gasteiger partial charge on any atom is 0.222 e. The highest BCUT2D eigenvalue weighted by atomic mass is 35.5. The summed E-state index contributed by atoms with van der Waals surface area (Å²) in [4.78, 5) is 18.1. The molecule has 0 aliphatic carbocycles. The van der Waals surface area contributed by atoms with Gasteiger partial charge in [-0.05, 0) is 43.9 Å². The summed E-state index contributed by atoms with van der Waals surface area (Å²) in [5, 5.41) is 7.29. The lowest BCUT2D eigenvalue weighted by molar-refractivity contribution is -0.127. The molecule has 0 saturated carbocycles. The van der Waals surface area contributed by atoms with Crippen LogP contribution in [0.3, 0.4) is 0 Å². The van der Waals surface area contributed by atoms with Gasteiger partial charge in [0.1, 0.15) is 5.75 Å². The average Bonchev–Trinajstić information content (AvgIpc) is 3.04. The molecule has 2 rings (SSSR count). The number of methoxy groups -OCH3 is 1. The minimum absolute atomic E-state index is 0.274. The van der Waals surface area contributed by atoms with Gasteiger partial charge in [-0.2, -0.15) is 0 Å². The van der Waals surface area contributed by atoms with E-state index in [2.05, 4.69) is 15.6 Å². The van der Waals surface area contributed by atoms with E-state index in [9.17, 15) is 4.79 Å². The number of benzene rings is 1. The fourth-order valence-electron chi connectivity index (χ4n) is 2.91. The van der Waals surface area contributed by atoms with Crippen molar-refractivity contribution in [1.29, 1.82) is 0 Å². The van der Waals surface area contributed by atoms with Crippen molar-refractivity contribution in [3.63, 3.8) is 0 Å². The number of carbonyl (C=O) groups excluding carboxylic acids is 1. The van der Waals surface area contributed by atoms with Crippen LogP contribution in [-0.2, 0) is 11.2 Å². The molecule has 1 aromatic carbocycles. The van der Waals surface area contributed by atoms with Gasteiger partial charge in [-0.1, -0.05) is 17.7 Å². The minimum Gasteiger partial charge on any atom is -0.497 e. The topological polar surface area (TPSA) is 66.0 Å². The van der Waals surface area contributed by atoms with Gasteiger partial charge < -0.3 is 20.3 Å². The first-order valence-electron chi connectivity index (χ1n) is 9.26. The van der Waals surface area contributed by atoms with Crippen molar-refractivity contribution >= 4 is 23.5 Å². The van der Waals surface area contributed by atoms with Crippen LogP contribution in [0.4, 0.5) is 0 Å². The van der Waals surface area contributed by atoms with Crippen LogP contribution < -0.4 is 15.4 Å². The van der Waals surface area contributed by atoms with Crippen LogP contribution in [-0.4, -0.2) is 56.6 Å². The Morgan fingerprint density at radius 1 is 1.38 bits per heavy atom. The van der Waals surface area contributed by atoms with Crippen molar-refractivity contribution in [2.75, 3.05) is 39.8 Å². The average molecular weight is 381 g/mol. The van der Waals surface area contributed by atoms with Crippen LogP contribution in [0.1, 0.15) is 31.7 Å². The first-order valence-corrected chi connectivity index (χ1v) is 9.64. The number of nitrogens with one attached hydrogen (secondary N) is 2. The van der Waals surface area contributed by atoms with Gasteiger partial charge in [0.2, 0.25) is 5.91 Å². The fraction of sp³-hybridized carbons (Fsp3) is 0.579. The van der Waals surface area contributed by atoms with E-state index in [0.29, 0.717) is 18.0 Å². The van der Waals surface area contributed by atoms with Gasteiger partial charge >= 0.3 is 0 Å². The van der Waals surface area contributed by atoms with E-state index in [1.165, 1.54) is 0 Å². The Morgan fingerprint density at radius 3 is 2.88 bits per heavy atom. The Balaban J connectivity index is 1.75. The highest BCUT2D eigenvalue weighted by Crippen LogP contribution is 2.22. The number of hydrogen-bond donors (Lipinski definition) is 2. The molecule has 7 heteroatoms. The van der Waals surface area contributed by atoms with Gasteiger partial charge in [-0.3, -0.25) is 9.79 Å². The number of rotatable bonds is 9. The van der Waals surface area contributed by atoms with Gasteiger partial charge in [0.05, 0.1) is 7.11 Å². The molecule has 1 heterocycles. The molecular weight excluding hydrogens is 352 g/mol. The molecule has 144 valence electrons. The van der Waals surface area contributed by atoms with Gasteiger partial charge in [0.25, 0.3) is 0 Å². The Bertz CT molecular complexity index is 622. The van der Waals surface area contributed by atoms with E-state index >= 15 is 0 Å². The summed E-state index contributed by atoms with van der Waals surface area (Å²) in [6, 6.07) is 5.73. The number of likely N-dealkylation sites (tertiary alicyclic amines) is 1. The third-order valence-corrected chi connectivity index (χ3v) is 4.67. The molecule has 26 heavy (non-hydrogen) atoms. The molecule has 0 bridgehead atoms. The Labute approximate surface area is 161 Å². The number of amides is 1. The molecule has 1 aliphatic heterocycles. The molecule has 2 N–H and O–H groups in total. The summed E-state index contributed by atoms with van der Waals surface area (Å²) in [7, 11) is 1.63. The van der Waals surface area contributed by atoms with Crippen molar-refractivity contribution in [3.8, 4) is 5.75 Å². The molecule has 6 nitrogen and oxygen atoms in total. The molecule has 0 radical (unpaired) electrons. The van der Waals surface area contributed by atoms with Crippen LogP contribution in [0.2, 0.25) is 5.02 Å². The molecule has 0 spiro atoms. The van der Waals surface area contributed by atoms with E-state index in [1.807, 2.05) is 30.0 Å². The van der Waals surface area contributed by atoms with E-state index < -0.39 is 0 Å². The number of hydrogen-bond acceptors (Lipinski definition) is 3.